The Bertz CT molecular complexity index is 640. The Labute approximate surface area is 135 Å². The normalized spacial score (nSPS) is 18.1. The van der Waals surface area contributed by atoms with Crippen molar-refractivity contribution in [1.82, 2.24) is 0 Å². The minimum Gasteiger partial charge on any atom is -0.480 e. The number of aliphatic carboxylic acids is 1. The van der Waals surface area contributed by atoms with E-state index in [2.05, 4.69) is 0 Å². The fraction of sp³-hybridized carbons (Fsp3) is 0.471. The number of ketones is 1. The minimum atomic E-state index is -1.08. The quantitative estimate of drug-likeness (QED) is 0.815. The zero-order chi connectivity index (χ0) is 17.1. The highest BCUT2D eigenvalue weighted by molar-refractivity contribution is 6.06. The lowest BCUT2D eigenvalue weighted by Crippen LogP contribution is -2.52. The number of benzene rings is 1. The Morgan fingerprint density at radius 3 is 2.61 bits per heavy atom. The lowest BCUT2D eigenvalue weighted by molar-refractivity contribution is -0.141. The maximum Gasteiger partial charge on any atom is 0.326 e. The maximum atomic E-state index is 12.5. The van der Waals surface area contributed by atoms with Crippen LogP contribution in [0.2, 0.25) is 0 Å². The molecule has 124 valence electrons. The van der Waals surface area contributed by atoms with Gasteiger partial charge in [-0.2, -0.15) is 0 Å². The first-order valence-electron chi connectivity index (χ1n) is 7.80. The summed E-state index contributed by atoms with van der Waals surface area (Å²) in [5.41, 5.74) is 0.811. The van der Waals surface area contributed by atoms with Crippen molar-refractivity contribution < 1.29 is 24.2 Å². The summed E-state index contributed by atoms with van der Waals surface area (Å²) in [4.78, 5) is 37.3. The van der Waals surface area contributed by atoms with Crippen molar-refractivity contribution in [2.24, 2.45) is 0 Å². The van der Waals surface area contributed by atoms with E-state index in [1.807, 2.05) is 6.92 Å². The Balaban J connectivity index is 2.52. The number of hydrogen-bond acceptors (Lipinski definition) is 4. The van der Waals surface area contributed by atoms with Crippen LogP contribution in [0.25, 0.3) is 0 Å². The van der Waals surface area contributed by atoms with Crippen LogP contribution < -0.4 is 9.64 Å². The Morgan fingerprint density at radius 1 is 1.35 bits per heavy atom. The molecule has 2 atom stereocenters. The van der Waals surface area contributed by atoms with Crippen molar-refractivity contribution >= 4 is 23.3 Å². The molecule has 0 bridgehead atoms. The predicted octanol–water partition coefficient (Wildman–Crippen LogP) is 2.65. The van der Waals surface area contributed by atoms with E-state index in [1.165, 1.54) is 4.90 Å². The first kappa shape index (κ1) is 17.0. The molecule has 0 aliphatic carbocycles. The van der Waals surface area contributed by atoms with Gasteiger partial charge >= 0.3 is 5.97 Å². The lowest BCUT2D eigenvalue weighted by Gasteiger charge is -2.36. The third kappa shape index (κ3) is 3.21. The molecule has 1 aliphatic heterocycles. The van der Waals surface area contributed by atoms with Crippen LogP contribution in [0.4, 0.5) is 5.69 Å². The number of amides is 1. The number of fused-ring (bicyclic) bond motifs is 1. The molecule has 1 aromatic carbocycles. The van der Waals surface area contributed by atoms with Gasteiger partial charge in [-0.25, -0.2) is 4.79 Å². The summed E-state index contributed by atoms with van der Waals surface area (Å²) in [6.45, 7) is 5.20. The SMILES string of the molecule is CCCC(=O)c1ccc2c(c1)N(C(CC)C(=O)O)C(=O)C(C)O2. The molecule has 1 aliphatic rings. The van der Waals surface area contributed by atoms with Crippen molar-refractivity contribution in [3.63, 3.8) is 0 Å². The van der Waals surface area contributed by atoms with Gasteiger partial charge < -0.3 is 9.84 Å². The van der Waals surface area contributed by atoms with Crippen molar-refractivity contribution in [3.8, 4) is 5.75 Å². The van der Waals surface area contributed by atoms with Crippen LogP contribution in [0.5, 0.6) is 5.75 Å². The van der Waals surface area contributed by atoms with Gasteiger partial charge in [0.25, 0.3) is 5.91 Å². The largest absolute Gasteiger partial charge is 0.480 e. The topological polar surface area (TPSA) is 83.9 Å². The van der Waals surface area contributed by atoms with Gasteiger partial charge in [-0.05, 0) is 38.0 Å². The number of carbonyl (C=O) groups excluding carboxylic acids is 2. The van der Waals surface area contributed by atoms with Gasteiger partial charge in [0.05, 0.1) is 5.69 Å². The molecule has 1 heterocycles. The molecule has 2 unspecified atom stereocenters. The van der Waals surface area contributed by atoms with E-state index < -0.39 is 24.0 Å². The van der Waals surface area contributed by atoms with Gasteiger partial charge in [0.1, 0.15) is 11.8 Å². The van der Waals surface area contributed by atoms with Crippen LogP contribution in [0, 0.1) is 0 Å². The van der Waals surface area contributed by atoms with Gasteiger partial charge in [-0.1, -0.05) is 13.8 Å². The first-order valence-corrected chi connectivity index (χ1v) is 7.80. The van der Waals surface area contributed by atoms with Crippen molar-refractivity contribution in [1.29, 1.82) is 0 Å². The number of carbonyl (C=O) groups is 3. The summed E-state index contributed by atoms with van der Waals surface area (Å²) in [5, 5.41) is 9.42. The average molecular weight is 319 g/mol. The van der Waals surface area contributed by atoms with Crippen LogP contribution >= 0.6 is 0 Å². The molecule has 23 heavy (non-hydrogen) atoms. The lowest BCUT2D eigenvalue weighted by atomic mass is 10.0. The Hall–Kier alpha value is -2.37. The van der Waals surface area contributed by atoms with Gasteiger partial charge in [-0.3, -0.25) is 14.5 Å². The molecule has 0 radical (unpaired) electrons. The molecule has 2 rings (SSSR count). The fourth-order valence-electron chi connectivity index (χ4n) is 2.69. The zero-order valence-corrected chi connectivity index (χ0v) is 13.5. The van der Waals surface area contributed by atoms with E-state index in [-0.39, 0.29) is 12.2 Å². The van der Waals surface area contributed by atoms with Crippen LogP contribution in [0.3, 0.4) is 0 Å². The van der Waals surface area contributed by atoms with Gasteiger partial charge in [0, 0.05) is 12.0 Å². The average Bonchev–Trinajstić information content (AvgIpc) is 2.51. The summed E-state index contributed by atoms with van der Waals surface area (Å²) in [5.74, 6) is -1.10. The number of Topliss-reactive ketones (excluding diaryl/α,β-unsaturated/α-hetero) is 1. The first-order chi connectivity index (χ1) is 10.9. The highest BCUT2D eigenvalue weighted by Crippen LogP contribution is 2.37. The number of carboxylic acid groups (broad SMARTS) is 1. The van der Waals surface area contributed by atoms with Crippen molar-refractivity contribution in [2.75, 3.05) is 4.90 Å². The minimum absolute atomic E-state index is 0.0373. The Morgan fingerprint density at radius 2 is 2.04 bits per heavy atom. The van der Waals surface area contributed by atoms with Gasteiger partial charge in [-0.15, -0.1) is 0 Å². The number of anilines is 1. The monoisotopic (exact) mass is 319 g/mol. The molecule has 0 saturated carbocycles. The summed E-state index contributed by atoms with van der Waals surface area (Å²) in [7, 11) is 0. The van der Waals surface area contributed by atoms with E-state index >= 15 is 0 Å². The maximum absolute atomic E-state index is 12.5. The standard InChI is InChI=1S/C17H21NO5/c1-4-6-14(19)11-7-8-15-13(9-11)18(12(5-2)17(21)22)16(20)10(3)23-15/h7-10,12H,4-6H2,1-3H3,(H,21,22). The van der Waals surface area contributed by atoms with Gasteiger partial charge in [0.15, 0.2) is 11.9 Å². The Kier molecular flexibility index (Phi) is 5.03. The molecule has 0 aromatic heterocycles. The second-order valence-electron chi connectivity index (χ2n) is 5.59. The van der Waals surface area contributed by atoms with E-state index in [4.69, 9.17) is 4.74 Å². The highest BCUT2D eigenvalue weighted by Gasteiger charge is 2.38. The molecule has 0 saturated heterocycles. The number of hydrogen-bond donors (Lipinski definition) is 1. The molecule has 1 amide bonds. The second kappa shape index (κ2) is 6.81. The number of carboxylic acids is 1. The summed E-state index contributed by atoms with van der Waals surface area (Å²) in [6.07, 6.45) is 0.632. The smallest absolute Gasteiger partial charge is 0.326 e. The van der Waals surface area contributed by atoms with E-state index in [9.17, 15) is 19.5 Å². The second-order valence-corrected chi connectivity index (χ2v) is 5.59. The van der Waals surface area contributed by atoms with Crippen LogP contribution in [-0.4, -0.2) is 34.9 Å². The molecule has 6 nitrogen and oxygen atoms in total. The van der Waals surface area contributed by atoms with E-state index in [0.29, 0.717) is 23.4 Å². The number of nitrogens with zero attached hydrogens (tertiary/aromatic N) is 1. The zero-order valence-electron chi connectivity index (χ0n) is 13.5. The predicted molar refractivity (Wildman–Crippen MR) is 85.0 cm³/mol. The molecule has 0 fully saturated rings. The van der Waals surface area contributed by atoms with Crippen molar-refractivity contribution in [2.45, 2.75) is 52.2 Å². The third-order valence-electron chi connectivity index (χ3n) is 3.89. The van der Waals surface area contributed by atoms with E-state index in [1.54, 1.807) is 32.0 Å². The summed E-state index contributed by atoms with van der Waals surface area (Å²) < 4.78 is 5.55. The highest BCUT2D eigenvalue weighted by atomic mass is 16.5. The van der Waals surface area contributed by atoms with Gasteiger partial charge in [0.2, 0.25) is 0 Å². The third-order valence-corrected chi connectivity index (χ3v) is 3.89. The number of ether oxygens (including phenoxy) is 1. The molecule has 6 heteroatoms. The molecule has 0 spiro atoms. The molecular formula is C17H21NO5. The summed E-state index contributed by atoms with van der Waals surface area (Å²) in [6, 6.07) is 3.86. The molecule has 1 aromatic rings. The van der Waals surface area contributed by atoms with Crippen LogP contribution in [0.1, 0.15) is 50.4 Å². The van der Waals surface area contributed by atoms with E-state index in [0.717, 1.165) is 6.42 Å². The summed E-state index contributed by atoms with van der Waals surface area (Å²) >= 11 is 0. The fourth-order valence-corrected chi connectivity index (χ4v) is 2.69. The number of rotatable bonds is 6. The molecular weight excluding hydrogens is 298 g/mol. The van der Waals surface area contributed by atoms with Crippen LogP contribution in [0.15, 0.2) is 18.2 Å². The molecule has 1 N–H and O–H groups in total. The van der Waals surface area contributed by atoms with Crippen LogP contribution in [-0.2, 0) is 9.59 Å². The van der Waals surface area contributed by atoms with Crippen molar-refractivity contribution in [3.05, 3.63) is 23.8 Å².